The summed E-state index contributed by atoms with van der Waals surface area (Å²) in [5.74, 6) is 2.98. The Balaban J connectivity index is 2.28. The van der Waals surface area contributed by atoms with Gasteiger partial charge in [0.1, 0.15) is 17.3 Å². The lowest BCUT2D eigenvalue weighted by Crippen LogP contribution is -1.91. The smallest absolute Gasteiger partial charge is 0.119 e. The third kappa shape index (κ3) is 4.01. The van der Waals surface area contributed by atoms with Crippen molar-refractivity contribution in [2.75, 3.05) is 6.61 Å². The predicted octanol–water partition coefficient (Wildman–Crippen LogP) is 5.42. The van der Waals surface area contributed by atoms with Crippen LogP contribution in [0.4, 0.5) is 0 Å². The zero-order valence-corrected chi connectivity index (χ0v) is 13.0. The molecule has 21 heavy (non-hydrogen) atoms. The molecule has 0 amide bonds. The molecule has 0 spiro atoms. The Labute approximate surface area is 127 Å². The zero-order valence-electron chi connectivity index (χ0n) is 13.0. The minimum Gasteiger partial charge on any atom is -0.494 e. The monoisotopic (exact) mass is 284 g/mol. The van der Waals surface area contributed by atoms with Gasteiger partial charge in [0.2, 0.25) is 0 Å². The molecule has 1 heterocycles. The van der Waals surface area contributed by atoms with E-state index in [4.69, 9.17) is 9.15 Å². The quantitative estimate of drug-likeness (QED) is 0.604. The van der Waals surface area contributed by atoms with Gasteiger partial charge in [-0.1, -0.05) is 31.6 Å². The van der Waals surface area contributed by atoms with Crippen LogP contribution in [0.1, 0.15) is 38.2 Å². The van der Waals surface area contributed by atoms with Crippen LogP contribution in [0.25, 0.3) is 11.1 Å². The molecular weight excluding hydrogens is 260 g/mol. The van der Waals surface area contributed by atoms with E-state index in [1.807, 2.05) is 25.1 Å². The fraction of sp³-hybridized carbons (Fsp3) is 0.368. The molecule has 0 radical (unpaired) electrons. The number of hydrogen-bond donors (Lipinski definition) is 0. The first-order valence-electron chi connectivity index (χ1n) is 7.74. The van der Waals surface area contributed by atoms with Gasteiger partial charge in [-0.2, -0.15) is 0 Å². The van der Waals surface area contributed by atoms with Crippen molar-refractivity contribution in [2.45, 2.75) is 39.5 Å². The molecule has 2 rings (SSSR count). The summed E-state index contributed by atoms with van der Waals surface area (Å²) in [6.45, 7) is 8.67. The van der Waals surface area contributed by atoms with Gasteiger partial charge >= 0.3 is 0 Å². The molecular formula is C19H24O2. The molecule has 0 aliphatic rings. The van der Waals surface area contributed by atoms with Gasteiger partial charge in [0, 0.05) is 18.4 Å². The summed E-state index contributed by atoms with van der Waals surface area (Å²) in [5, 5.41) is 0. The topological polar surface area (TPSA) is 22.4 Å². The first kappa shape index (κ1) is 15.4. The van der Waals surface area contributed by atoms with E-state index in [1.54, 1.807) is 0 Å². The molecule has 0 bridgehead atoms. The van der Waals surface area contributed by atoms with E-state index in [-0.39, 0.29) is 0 Å². The average molecular weight is 284 g/mol. The second-order valence-electron chi connectivity index (χ2n) is 5.10. The van der Waals surface area contributed by atoms with Crippen molar-refractivity contribution in [1.29, 1.82) is 0 Å². The molecule has 0 aliphatic heterocycles. The van der Waals surface area contributed by atoms with Crippen molar-refractivity contribution >= 4 is 0 Å². The normalized spacial score (nSPS) is 10.6. The van der Waals surface area contributed by atoms with E-state index >= 15 is 0 Å². The van der Waals surface area contributed by atoms with Crippen LogP contribution in [0.3, 0.4) is 0 Å². The van der Waals surface area contributed by atoms with Gasteiger partial charge in [0.05, 0.1) is 6.61 Å². The highest BCUT2D eigenvalue weighted by molar-refractivity contribution is 5.67. The zero-order chi connectivity index (χ0) is 15.1. The van der Waals surface area contributed by atoms with Crippen LogP contribution >= 0.6 is 0 Å². The Kier molecular flexibility index (Phi) is 5.68. The first-order chi connectivity index (χ1) is 10.3. The number of furan rings is 1. The maximum Gasteiger partial charge on any atom is 0.119 e. The van der Waals surface area contributed by atoms with E-state index < -0.39 is 0 Å². The summed E-state index contributed by atoms with van der Waals surface area (Å²) in [7, 11) is 0. The van der Waals surface area contributed by atoms with Crippen LogP contribution < -0.4 is 4.74 Å². The predicted molar refractivity (Wildman–Crippen MR) is 87.8 cm³/mol. The van der Waals surface area contributed by atoms with Crippen LogP contribution in [-0.2, 0) is 12.8 Å². The van der Waals surface area contributed by atoms with E-state index in [9.17, 15) is 0 Å². The highest BCUT2D eigenvalue weighted by Crippen LogP contribution is 2.30. The molecule has 1 aromatic heterocycles. The van der Waals surface area contributed by atoms with Crippen molar-refractivity contribution < 1.29 is 9.15 Å². The van der Waals surface area contributed by atoms with E-state index in [2.05, 4.69) is 31.7 Å². The van der Waals surface area contributed by atoms with Crippen molar-refractivity contribution in [2.24, 2.45) is 0 Å². The molecule has 0 aliphatic carbocycles. The highest BCUT2D eigenvalue weighted by Gasteiger charge is 2.12. The molecule has 0 saturated carbocycles. The largest absolute Gasteiger partial charge is 0.494 e. The number of allylic oxidation sites excluding steroid dienone is 1. The van der Waals surface area contributed by atoms with Crippen molar-refractivity contribution in [3.8, 4) is 16.9 Å². The molecule has 1 aromatic carbocycles. The number of aryl methyl sites for hydroxylation is 1. The van der Waals surface area contributed by atoms with Crippen LogP contribution in [0.15, 0.2) is 47.4 Å². The summed E-state index contributed by atoms with van der Waals surface area (Å²) in [5.41, 5.74) is 2.38. The minimum atomic E-state index is 0.691. The Bertz CT molecular complexity index is 564. The molecule has 0 N–H and O–H groups in total. The van der Waals surface area contributed by atoms with Crippen molar-refractivity contribution in [3.63, 3.8) is 0 Å². The Morgan fingerprint density at radius 1 is 1.19 bits per heavy atom. The first-order valence-corrected chi connectivity index (χ1v) is 7.74. The van der Waals surface area contributed by atoms with Gasteiger partial charge in [-0.15, -0.1) is 6.58 Å². The van der Waals surface area contributed by atoms with E-state index in [1.165, 1.54) is 17.5 Å². The average Bonchev–Trinajstić information content (AvgIpc) is 2.89. The van der Waals surface area contributed by atoms with E-state index in [0.717, 1.165) is 36.5 Å². The standard InChI is InChI=1S/C19H24O2/c1-4-7-9-19-18(14-17(21-19)8-5-2)15-10-12-16(13-11-15)20-6-3/h5,10-14H,2,4,6-9H2,1,3H3. The molecule has 112 valence electrons. The molecule has 2 heteroatoms. The second kappa shape index (κ2) is 7.72. The van der Waals surface area contributed by atoms with Gasteiger partial charge in [-0.3, -0.25) is 0 Å². The molecule has 0 fully saturated rings. The molecule has 0 unspecified atom stereocenters. The number of rotatable bonds is 8. The van der Waals surface area contributed by atoms with Gasteiger partial charge < -0.3 is 9.15 Å². The lowest BCUT2D eigenvalue weighted by molar-refractivity contribution is 0.340. The van der Waals surface area contributed by atoms with Gasteiger partial charge in [0.25, 0.3) is 0 Å². The number of unbranched alkanes of at least 4 members (excludes halogenated alkanes) is 1. The molecule has 0 atom stereocenters. The van der Waals surface area contributed by atoms with Crippen LogP contribution in [0.5, 0.6) is 5.75 Å². The van der Waals surface area contributed by atoms with Crippen LogP contribution in [-0.4, -0.2) is 6.61 Å². The number of benzene rings is 1. The lowest BCUT2D eigenvalue weighted by Gasteiger charge is -2.05. The maximum absolute atomic E-state index is 5.99. The highest BCUT2D eigenvalue weighted by atomic mass is 16.5. The fourth-order valence-electron chi connectivity index (χ4n) is 2.39. The Morgan fingerprint density at radius 3 is 2.57 bits per heavy atom. The van der Waals surface area contributed by atoms with Gasteiger partial charge in [0.15, 0.2) is 0 Å². The SMILES string of the molecule is C=CCc1cc(-c2ccc(OCC)cc2)c(CCCC)o1. The Hall–Kier alpha value is -1.96. The summed E-state index contributed by atoms with van der Waals surface area (Å²) in [6, 6.07) is 10.4. The Morgan fingerprint density at radius 2 is 1.95 bits per heavy atom. The number of hydrogen-bond acceptors (Lipinski definition) is 2. The summed E-state index contributed by atoms with van der Waals surface area (Å²) >= 11 is 0. The maximum atomic E-state index is 5.99. The summed E-state index contributed by atoms with van der Waals surface area (Å²) in [4.78, 5) is 0. The van der Waals surface area contributed by atoms with Gasteiger partial charge in [-0.25, -0.2) is 0 Å². The van der Waals surface area contributed by atoms with Crippen molar-refractivity contribution in [3.05, 3.63) is 54.5 Å². The van der Waals surface area contributed by atoms with Crippen molar-refractivity contribution in [1.82, 2.24) is 0 Å². The third-order valence-electron chi connectivity index (χ3n) is 3.44. The van der Waals surface area contributed by atoms with E-state index in [0.29, 0.717) is 6.61 Å². The fourth-order valence-corrected chi connectivity index (χ4v) is 2.39. The molecule has 2 nitrogen and oxygen atoms in total. The molecule has 2 aromatic rings. The second-order valence-corrected chi connectivity index (χ2v) is 5.10. The number of ether oxygens (including phenoxy) is 1. The summed E-state index contributed by atoms with van der Waals surface area (Å²) < 4.78 is 11.5. The van der Waals surface area contributed by atoms with Crippen LogP contribution in [0, 0.1) is 0 Å². The minimum absolute atomic E-state index is 0.691. The lowest BCUT2D eigenvalue weighted by atomic mass is 10.0. The summed E-state index contributed by atoms with van der Waals surface area (Å²) in [6.07, 6.45) is 5.95. The van der Waals surface area contributed by atoms with Gasteiger partial charge in [-0.05, 0) is 37.1 Å². The molecule has 0 saturated heterocycles. The van der Waals surface area contributed by atoms with Crippen LogP contribution in [0.2, 0.25) is 0 Å². The third-order valence-corrected chi connectivity index (χ3v) is 3.44.